The van der Waals surface area contributed by atoms with Crippen LogP contribution in [0, 0.1) is 0 Å². The number of nitrogen functional groups attached to an aromatic ring is 1. The molecule has 0 saturated heterocycles. The zero-order valence-corrected chi connectivity index (χ0v) is 12.1. The highest BCUT2D eigenvalue weighted by Gasteiger charge is 2.20. The lowest BCUT2D eigenvalue weighted by molar-refractivity contribution is 0.584. The predicted octanol–water partition coefficient (Wildman–Crippen LogP) is 2.12. The van der Waals surface area contributed by atoms with Gasteiger partial charge in [-0.15, -0.1) is 6.58 Å². The Hall–Kier alpha value is -0.690. The van der Waals surface area contributed by atoms with Gasteiger partial charge in [0.2, 0.25) is 10.0 Å². The smallest absolute Gasteiger partial charge is 0.244 e. The molecule has 0 unspecified atom stereocenters. The number of thioether (sulfide) groups is 1. The molecule has 100 valence electrons. The molecule has 0 aliphatic carbocycles. The van der Waals surface area contributed by atoms with E-state index in [1.165, 1.54) is 12.1 Å². The lowest BCUT2D eigenvalue weighted by Gasteiger charge is -2.10. The van der Waals surface area contributed by atoms with E-state index in [1.54, 1.807) is 23.9 Å². The van der Waals surface area contributed by atoms with Gasteiger partial charge in [0.05, 0.1) is 10.7 Å². The molecule has 1 aromatic rings. The van der Waals surface area contributed by atoms with Crippen LogP contribution in [-0.4, -0.2) is 26.5 Å². The molecule has 0 aromatic heterocycles. The maximum absolute atomic E-state index is 12.0. The highest BCUT2D eigenvalue weighted by atomic mass is 35.5. The van der Waals surface area contributed by atoms with Gasteiger partial charge in [-0.3, -0.25) is 0 Å². The summed E-state index contributed by atoms with van der Waals surface area (Å²) in [6.45, 7) is 3.91. The first kappa shape index (κ1) is 15.4. The zero-order chi connectivity index (χ0) is 13.6. The Morgan fingerprint density at radius 2 is 2.22 bits per heavy atom. The molecule has 18 heavy (non-hydrogen) atoms. The molecule has 0 spiro atoms. The molecule has 0 radical (unpaired) electrons. The summed E-state index contributed by atoms with van der Waals surface area (Å²) in [5.41, 5.74) is 5.78. The van der Waals surface area contributed by atoms with Crippen LogP contribution in [0.2, 0.25) is 5.02 Å². The number of sulfonamides is 1. The third-order valence-electron chi connectivity index (χ3n) is 2.04. The standard InChI is InChI=1S/C11H15ClN2O2S2/c1-2-7-17-8-6-14-18(15,16)11-9(12)4-3-5-10(11)13/h2-5,14H,1,6-8,13H2. The van der Waals surface area contributed by atoms with Crippen LogP contribution in [-0.2, 0) is 10.0 Å². The van der Waals surface area contributed by atoms with Crippen LogP contribution in [0.3, 0.4) is 0 Å². The number of benzene rings is 1. The molecule has 0 fully saturated rings. The Balaban J connectivity index is 2.72. The van der Waals surface area contributed by atoms with Gasteiger partial charge < -0.3 is 5.73 Å². The van der Waals surface area contributed by atoms with Crippen molar-refractivity contribution in [2.24, 2.45) is 0 Å². The van der Waals surface area contributed by atoms with Gasteiger partial charge in [-0.05, 0) is 12.1 Å². The minimum absolute atomic E-state index is 0.0552. The van der Waals surface area contributed by atoms with E-state index in [9.17, 15) is 8.42 Å². The fourth-order valence-corrected chi connectivity index (χ4v) is 3.71. The van der Waals surface area contributed by atoms with E-state index in [0.717, 1.165) is 5.75 Å². The first-order valence-corrected chi connectivity index (χ1v) is 8.23. The summed E-state index contributed by atoms with van der Waals surface area (Å²) in [6.07, 6.45) is 1.77. The highest BCUT2D eigenvalue weighted by molar-refractivity contribution is 7.99. The van der Waals surface area contributed by atoms with E-state index in [4.69, 9.17) is 17.3 Å². The van der Waals surface area contributed by atoms with E-state index in [-0.39, 0.29) is 15.6 Å². The predicted molar refractivity (Wildman–Crippen MR) is 78.6 cm³/mol. The lowest BCUT2D eigenvalue weighted by Crippen LogP contribution is -2.27. The average molecular weight is 307 g/mol. The monoisotopic (exact) mass is 306 g/mol. The van der Waals surface area contributed by atoms with E-state index in [0.29, 0.717) is 12.3 Å². The largest absolute Gasteiger partial charge is 0.398 e. The van der Waals surface area contributed by atoms with Crippen molar-refractivity contribution in [2.75, 3.05) is 23.8 Å². The zero-order valence-electron chi connectivity index (χ0n) is 9.73. The van der Waals surface area contributed by atoms with Gasteiger partial charge in [-0.25, -0.2) is 13.1 Å². The number of anilines is 1. The Kier molecular flexibility index (Phi) is 6.01. The van der Waals surface area contributed by atoms with Crippen LogP contribution in [0.15, 0.2) is 35.7 Å². The molecule has 1 aromatic carbocycles. The van der Waals surface area contributed by atoms with Crippen molar-refractivity contribution < 1.29 is 8.42 Å². The number of nitrogens with two attached hydrogens (primary N) is 1. The van der Waals surface area contributed by atoms with Crippen molar-refractivity contribution >= 4 is 39.1 Å². The van der Waals surface area contributed by atoms with Gasteiger partial charge in [-0.1, -0.05) is 23.7 Å². The van der Waals surface area contributed by atoms with E-state index >= 15 is 0 Å². The van der Waals surface area contributed by atoms with Crippen LogP contribution in [0.1, 0.15) is 0 Å². The summed E-state index contributed by atoms with van der Waals surface area (Å²) in [5, 5.41) is 0.126. The first-order valence-electron chi connectivity index (χ1n) is 5.21. The first-order chi connectivity index (χ1) is 8.49. The van der Waals surface area contributed by atoms with Crippen molar-refractivity contribution in [1.82, 2.24) is 4.72 Å². The van der Waals surface area contributed by atoms with E-state index < -0.39 is 10.0 Å². The summed E-state index contributed by atoms with van der Waals surface area (Å²) >= 11 is 7.45. The maximum Gasteiger partial charge on any atom is 0.244 e. The van der Waals surface area contributed by atoms with Gasteiger partial charge in [0.15, 0.2) is 0 Å². The maximum atomic E-state index is 12.0. The van der Waals surface area contributed by atoms with Crippen molar-refractivity contribution in [3.05, 3.63) is 35.9 Å². The molecule has 0 heterocycles. The van der Waals surface area contributed by atoms with Gasteiger partial charge in [0.25, 0.3) is 0 Å². The molecule has 0 atom stereocenters. The number of hydrogen-bond donors (Lipinski definition) is 2. The second-order valence-electron chi connectivity index (χ2n) is 3.42. The van der Waals surface area contributed by atoms with Crippen molar-refractivity contribution in [3.8, 4) is 0 Å². The second-order valence-corrected chi connectivity index (χ2v) is 6.68. The van der Waals surface area contributed by atoms with Crippen molar-refractivity contribution in [1.29, 1.82) is 0 Å². The normalized spacial score (nSPS) is 11.4. The molecule has 7 heteroatoms. The van der Waals surface area contributed by atoms with Crippen LogP contribution >= 0.6 is 23.4 Å². The van der Waals surface area contributed by atoms with Gasteiger partial charge in [0, 0.05) is 18.1 Å². The van der Waals surface area contributed by atoms with Crippen LogP contribution < -0.4 is 10.5 Å². The van der Waals surface area contributed by atoms with E-state index in [2.05, 4.69) is 11.3 Å². The molecular weight excluding hydrogens is 292 g/mol. The highest BCUT2D eigenvalue weighted by Crippen LogP contribution is 2.26. The minimum Gasteiger partial charge on any atom is -0.398 e. The molecule has 0 saturated carbocycles. The second kappa shape index (κ2) is 7.04. The van der Waals surface area contributed by atoms with Gasteiger partial charge >= 0.3 is 0 Å². The number of rotatable bonds is 7. The third-order valence-corrected chi connectivity index (χ3v) is 5.01. The quantitative estimate of drug-likeness (QED) is 0.460. The summed E-state index contributed by atoms with van der Waals surface area (Å²) in [7, 11) is -3.65. The molecule has 4 nitrogen and oxygen atoms in total. The van der Waals surface area contributed by atoms with Crippen molar-refractivity contribution in [2.45, 2.75) is 4.90 Å². The fraction of sp³-hybridized carbons (Fsp3) is 0.273. The van der Waals surface area contributed by atoms with Crippen LogP contribution in [0.5, 0.6) is 0 Å². The molecule has 3 N–H and O–H groups in total. The third kappa shape index (κ3) is 4.20. The average Bonchev–Trinajstić information content (AvgIpc) is 2.28. The van der Waals surface area contributed by atoms with Crippen molar-refractivity contribution in [3.63, 3.8) is 0 Å². The van der Waals surface area contributed by atoms with E-state index in [1.807, 2.05) is 0 Å². The molecule has 0 amide bonds. The number of nitrogens with one attached hydrogen (secondary N) is 1. The van der Waals surface area contributed by atoms with Gasteiger partial charge in [0.1, 0.15) is 4.90 Å². The SMILES string of the molecule is C=CCSCCNS(=O)(=O)c1c(N)cccc1Cl. The molecular formula is C11H15ClN2O2S2. The molecule has 1 rings (SSSR count). The van der Waals surface area contributed by atoms with Crippen LogP contribution in [0.25, 0.3) is 0 Å². The molecule has 0 bridgehead atoms. The fourth-order valence-electron chi connectivity index (χ4n) is 1.30. The lowest BCUT2D eigenvalue weighted by atomic mass is 10.3. The summed E-state index contributed by atoms with van der Waals surface area (Å²) < 4.78 is 26.5. The Morgan fingerprint density at radius 3 is 2.83 bits per heavy atom. The van der Waals surface area contributed by atoms with Gasteiger partial charge in [-0.2, -0.15) is 11.8 Å². The Labute approximate surface area is 117 Å². The molecule has 0 aliphatic rings. The van der Waals surface area contributed by atoms with Crippen LogP contribution in [0.4, 0.5) is 5.69 Å². The number of hydrogen-bond acceptors (Lipinski definition) is 4. The minimum atomic E-state index is -3.65. The molecule has 0 aliphatic heterocycles. The Bertz CT molecular complexity index is 498. The number of halogens is 1. The summed E-state index contributed by atoms with van der Waals surface area (Å²) in [6, 6.07) is 4.61. The summed E-state index contributed by atoms with van der Waals surface area (Å²) in [5.74, 6) is 1.45. The topological polar surface area (TPSA) is 72.2 Å². The Morgan fingerprint density at radius 1 is 1.50 bits per heavy atom. The summed E-state index contributed by atoms with van der Waals surface area (Å²) in [4.78, 5) is -0.0552.